The fourth-order valence-electron chi connectivity index (χ4n) is 3.81. The molecule has 3 heterocycles. The van der Waals surface area contributed by atoms with Crippen molar-refractivity contribution in [2.24, 2.45) is 5.73 Å². The van der Waals surface area contributed by atoms with Crippen LogP contribution in [-0.4, -0.2) is 42.3 Å². The maximum absolute atomic E-state index is 11.7. The number of nitrogens with zero attached hydrogens (tertiary/aromatic N) is 2. The van der Waals surface area contributed by atoms with Gasteiger partial charge in [-0.2, -0.15) is 0 Å². The van der Waals surface area contributed by atoms with Gasteiger partial charge in [0.2, 0.25) is 5.91 Å². The van der Waals surface area contributed by atoms with Gasteiger partial charge >= 0.3 is 0 Å². The minimum absolute atomic E-state index is 0.208. The lowest BCUT2D eigenvalue weighted by Crippen LogP contribution is -2.35. The molecule has 2 aliphatic rings. The molecule has 1 saturated heterocycles. The van der Waals surface area contributed by atoms with E-state index in [0.29, 0.717) is 13.2 Å². The molecule has 0 radical (unpaired) electrons. The maximum Gasteiger partial charge on any atom is 0.218 e. The molecule has 1 aliphatic carbocycles. The van der Waals surface area contributed by atoms with E-state index in [0.717, 1.165) is 35.8 Å². The Morgan fingerprint density at radius 3 is 2.73 bits per heavy atom. The lowest BCUT2D eigenvalue weighted by molar-refractivity contribution is -0.118. The molecular formula is C19H23N3O3S. The average Bonchev–Trinajstić information content (AvgIpc) is 3.08. The van der Waals surface area contributed by atoms with Gasteiger partial charge in [0, 0.05) is 46.4 Å². The Bertz CT molecular complexity index is 890. The smallest absolute Gasteiger partial charge is 0.218 e. The molecule has 4 rings (SSSR count). The van der Waals surface area contributed by atoms with Crippen molar-refractivity contribution in [1.29, 1.82) is 0 Å². The quantitative estimate of drug-likeness (QED) is 0.894. The minimum Gasteiger partial charge on any atom is -0.378 e. The van der Waals surface area contributed by atoms with Crippen molar-refractivity contribution in [3.8, 4) is 10.4 Å². The Morgan fingerprint density at radius 1 is 1.31 bits per heavy atom. The van der Waals surface area contributed by atoms with Gasteiger partial charge in [0.1, 0.15) is 0 Å². The number of hydrogen-bond donors (Lipinski definition) is 1. The predicted molar refractivity (Wildman–Crippen MR) is 101 cm³/mol. The lowest BCUT2D eigenvalue weighted by atomic mass is 9.98. The van der Waals surface area contributed by atoms with Gasteiger partial charge in [-0.3, -0.25) is 4.79 Å². The van der Waals surface area contributed by atoms with Gasteiger partial charge in [0.05, 0.1) is 24.5 Å². The van der Waals surface area contributed by atoms with Crippen LogP contribution in [0.2, 0.25) is 0 Å². The molecule has 26 heavy (non-hydrogen) atoms. The van der Waals surface area contributed by atoms with Gasteiger partial charge in [-0.25, -0.2) is 0 Å². The summed E-state index contributed by atoms with van der Waals surface area (Å²) in [6, 6.07) is 0. The van der Waals surface area contributed by atoms with Gasteiger partial charge in [-0.05, 0) is 32.4 Å². The number of aromatic nitrogens is 1. The summed E-state index contributed by atoms with van der Waals surface area (Å²) in [4.78, 5) is 16.5. The first-order chi connectivity index (χ1) is 12.5. The van der Waals surface area contributed by atoms with Crippen molar-refractivity contribution in [1.82, 2.24) is 10.1 Å². The number of amides is 1. The van der Waals surface area contributed by atoms with E-state index in [-0.39, 0.29) is 18.2 Å². The number of morpholine rings is 1. The molecule has 1 amide bonds. The zero-order chi connectivity index (χ0) is 18.4. The topological polar surface area (TPSA) is 81.6 Å². The molecule has 138 valence electrons. The number of aryl methyl sites for hydroxylation is 2. The zero-order valence-electron chi connectivity index (χ0n) is 15.3. The highest BCUT2D eigenvalue weighted by Crippen LogP contribution is 2.49. The summed E-state index contributed by atoms with van der Waals surface area (Å²) >= 11 is 1.77. The Labute approximate surface area is 156 Å². The molecule has 0 saturated carbocycles. The van der Waals surface area contributed by atoms with E-state index < -0.39 is 0 Å². The number of nitrogens with two attached hydrogens (primary N) is 1. The molecule has 0 unspecified atom stereocenters. The number of carbonyl (C=O) groups excluding carboxylic acids is 1. The lowest BCUT2D eigenvalue weighted by Gasteiger charge is -2.32. The first-order valence-electron chi connectivity index (χ1n) is 8.87. The molecule has 7 heteroatoms. The van der Waals surface area contributed by atoms with Crippen LogP contribution in [0.1, 0.15) is 39.8 Å². The predicted octanol–water partition coefficient (Wildman–Crippen LogP) is 2.97. The first kappa shape index (κ1) is 17.3. The second kappa shape index (κ2) is 6.55. The van der Waals surface area contributed by atoms with Crippen LogP contribution in [0.5, 0.6) is 0 Å². The van der Waals surface area contributed by atoms with Crippen molar-refractivity contribution >= 4 is 22.9 Å². The van der Waals surface area contributed by atoms with Gasteiger partial charge in [-0.1, -0.05) is 5.16 Å². The highest BCUT2D eigenvalue weighted by molar-refractivity contribution is 7.16. The molecule has 1 fully saturated rings. The highest BCUT2D eigenvalue weighted by Gasteiger charge is 2.34. The standard InChI is InChI=1S/C19H23N3O3S/c1-10-12(3)26-19-16(10)14(22-4-6-24-7-5-22)8-13(9-15(20)23)18-17(19)11(2)21-25-18/h8,13H,4-7,9H2,1-3H3,(H2,20,23)/t13-/m0/s1. The number of hydrogen-bond acceptors (Lipinski definition) is 6. The van der Waals surface area contributed by atoms with Crippen LogP contribution in [0.4, 0.5) is 0 Å². The van der Waals surface area contributed by atoms with Gasteiger partial charge in [0.15, 0.2) is 5.76 Å². The second-order valence-electron chi connectivity index (χ2n) is 6.92. The second-order valence-corrected chi connectivity index (χ2v) is 8.15. The van der Waals surface area contributed by atoms with Crippen molar-refractivity contribution in [2.75, 3.05) is 26.3 Å². The number of carbonyl (C=O) groups is 1. The summed E-state index contributed by atoms with van der Waals surface area (Å²) in [6.45, 7) is 9.35. The molecule has 2 aromatic rings. The van der Waals surface area contributed by atoms with Gasteiger partial charge in [-0.15, -0.1) is 11.3 Å². The van der Waals surface area contributed by atoms with Crippen molar-refractivity contribution in [3.63, 3.8) is 0 Å². The summed E-state index contributed by atoms with van der Waals surface area (Å²) in [6.07, 6.45) is 2.35. The van der Waals surface area contributed by atoms with Crippen molar-refractivity contribution in [3.05, 3.63) is 33.5 Å². The van der Waals surface area contributed by atoms with Crippen LogP contribution in [-0.2, 0) is 9.53 Å². The number of thiophene rings is 1. The fraction of sp³-hybridized carbons (Fsp3) is 0.474. The minimum atomic E-state index is -0.342. The number of fused-ring (bicyclic) bond motifs is 3. The van der Waals surface area contributed by atoms with E-state index in [1.165, 1.54) is 20.9 Å². The molecule has 2 aromatic heterocycles. The summed E-state index contributed by atoms with van der Waals surface area (Å²) < 4.78 is 11.2. The molecule has 1 atom stereocenters. The molecule has 1 aliphatic heterocycles. The molecular weight excluding hydrogens is 350 g/mol. The van der Waals surface area contributed by atoms with Crippen LogP contribution < -0.4 is 5.73 Å². The van der Waals surface area contributed by atoms with Gasteiger partial charge < -0.3 is 19.9 Å². The van der Waals surface area contributed by atoms with Crippen LogP contribution in [0, 0.1) is 20.8 Å². The average molecular weight is 373 g/mol. The Morgan fingerprint density at radius 2 is 2.04 bits per heavy atom. The molecule has 2 N–H and O–H groups in total. The molecule has 0 aromatic carbocycles. The van der Waals surface area contributed by atoms with E-state index in [4.69, 9.17) is 15.0 Å². The SMILES string of the molecule is Cc1noc2c1-c1sc(C)c(C)c1C(N1CCOCC1)=C[C@H]2CC(N)=O. The molecule has 6 nitrogen and oxygen atoms in total. The van der Waals surface area contributed by atoms with Crippen molar-refractivity contribution in [2.45, 2.75) is 33.1 Å². The van der Waals surface area contributed by atoms with Crippen LogP contribution in [0.3, 0.4) is 0 Å². The maximum atomic E-state index is 11.7. The fourth-order valence-corrected chi connectivity index (χ4v) is 5.09. The first-order valence-corrected chi connectivity index (χ1v) is 9.68. The third-order valence-electron chi connectivity index (χ3n) is 5.23. The number of primary amides is 1. The summed E-state index contributed by atoms with van der Waals surface area (Å²) in [5, 5.41) is 4.19. The normalized spacial score (nSPS) is 19.6. The van der Waals surface area contributed by atoms with Gasteiger partial charge in [0.25, 0.3) is 0 Å². The largest absolute Gasteiger partial charge is 0.378 e. The van der Waals surface area contributed by atoms with E-state index in [1.54, 1.807) is 11.3 Å². The Kier molecular flexibility index (Phi) is 4.36. The molecule has 0 spiro atoms. The highest BCUT2D eigenvalue weighted by atomic mass is 32.1. The Balaban J connectivity index is 1.95. The van der Waals surface area contributed by atoms with E-state index in [9.17, 15) is 4.79 Å². The summed E-state index contributed by atoms with van der Waals surface area (Å²) in [5.41, 5.74) is 11.1. The van der Waals surface area contributed by atoms with E-state index in [1.807, 2.05) is 6.92 Å². The third kappa shape index (κ3) is 2.75. The van der Waals surface area contributed by atoms with Crippen LogP contribution in [0.15, 0.2) is 10.6 Å². The monoisotopic (exact) mass is 373 g/mol. The van der Waals surface area contributed by atoms with Crippen LogP contribution >= 0.6 is 11.3 Å². The van der Waals surface area contributed by atoms with E-state index in [2.05, 4.69) is 30.0 Å². The zero-order valence-corrected chi connectivity index (χ0v) is 16.1. The van der Waals surface area contributed by atoms with Crippen LogP contribution in [0.25, 0.3) is 16.1 Å². The summed E-state index contributed by atoms with van der Waals surface area (Å²) in [5.74, 6) is 0.193. The number of ether oxygens (including phenoxy) is 1. The number of rotatable bonds is 3. The number of allylic oxidation sites excluding steroid dienone is 1. The van der Waals surface area contributed by atoms with E-state index >= 15 is 0 Å². The molecule has 0 bridgehead atoms. The summed E-state index contributed by atoms with van der Waals surface area (Å²) in [7, 11) is 0. The van der Waals surface area contributed by atoms with Crippen molar-refractivity contribution < 1.29 is 14.1 Å². The third-order valence-corrected chi connectivity index (χ3v) is 6.45. The Hall–Kier alpha value is -2.12.